The van der Waals surface area contributed by atoms with E-state index in [1.165, 1.54) is 7.11 Å². The normalized spacial score (nSPS) is 9.25. The van der Waals surface area contributed by atoms with Crippen molar-refractivity contribution in [3.8, 4) is 11.8 Å². The molecule has 16 heavy (non-hydrogen) atoms. The molecule has 84 valence electrons. The Morgan fingerprint density at radius 3 is 2.62 bits per heavy atom. The summed E-state index contributed by atoms with van der Waals surface area (Å²) in [6, 6.07) is 9.29. The van der Waals surface area contributed by atoms with Crippen LogP contribution in [0, 0.1) is 11.3 Å². The van der Waals surface area contributed by atoms with Crippen molar-refractivity contribution in [2.75, 3.05) is 13.7 Å². The van der Waals surface area contributed by atoms with Gasteiger partial charge in [0.05, 0.1) is 32.6 Å². The van der Waals surface area contributed by atoms with Crippen LogP contribution >= 0.6 is 0 Å². The Morgan fingerprint density at radius 1 is 1.38 bits per heavy atom. The Morgan fingerprint density at radius 2 is 2.06 bits per heavy atom. The van der Waals surface area contributed by atoms with Crippen LogP contribution in [0.4, 0.5) is 0 Å². The van der Waals surface area contributed by atoms with Crippen LogP contribution in [0.15, 0.2) is 24.3 Å². The van der Waals surface area contributed by atoms with Gasteiger partial charge in [0.1, 0.15) is 5.75 Å². The average molecular weight is 219 g/mol. The van der Waals surface area contributed by atoms with Crippen molar-refractivity contribution in [2.45, 2.75) is 12.8 Å². The monoisotopic (exact) mass is 219 g/mol. The zero-order chi connectivity index (χ0) is 11.8. The highest BCUT2D eigenvalue weighted by Gasteiger charge is 2.00. The van der Waals surface area contributed by atoms with E-state index in [0.717, 1.165) is 5.56 Å². The van der Waals surface area contributed by atoms with Crippen LogP contribution in [0.3, 0.4) is 0 Å². The van der Waals surface area contributed by atoms with Crippen molar-refractivity contribution in [1.82, 2.24) is 0 Å². The molecule has 0 spiro atoms. The molecule has 0 amide bonds. The van der Waals surface area contributed by atoms with Gasteiger partial charge >= 0.3 is 5.97 Å². The zero-order valence-electron chi connectivity index (χ0n) is 9.10. The molecule has 0 aromatic heterocycles. The quantitative estimate of drug-likeness (QED) is 0.707. The molecule has 1 rings (SSSR count). The van der Waals surface area contributed by atoms with Gasteiger partial charge in [-0.15, -0.1) is 0 Å². The summed E-state index contributed by atoms with van der Waals surface area (Å²) in [6.07, 6.45) is 0.624. The molecule has 0 saturated heterocycles. The van der Waals surface area contributed by atoms with Crippen LogP contribution < -0.4 is 4.74 Å². The van der Waals surface area contributed by atoms with Crippen LogP contribution in [0.1, 0.15) is 12.0 Å². The van der Waals surface area contributed by atoms with Crippen LogP contribution in [-0.4, -0.2) is 19.7 Å². The number of benzene rings is 1. The Balaban J connectivity index is 2.38. The standard InChI is InChI=1S/C12H13NO3/c1-15-12(14)7-9-16-11-4-2-10(3-5-11)6-8-13/h2-5H,6-7,9H2,1H3. The SMILES string of the molecule is COC(=O)CCOc1ccc(CC#N)cc1. The number of esters is 1. The first-order valence-electron chi connectivity index (χ1n) is 4.91. The molecule has 0 N–H and O–H groups in total. The third kappa shape index (κ3) is 4.01. The third-order valence-electron chi connectivity index (χ3n) is 2.01. The molecule has 0 aliphatic carbocycles. The molecule has 0 saturated carbocycles. The maximum atomic E-state index is 10.8. The number of nitriles is 1. The van der Waals surface area contributed by atoms with Gasteiger partial charge in [-0.25, -0.2) is 0 Å². The minimum absolute atomic E-state index is 0.233. The molecule has 0 unspecified atom stereocenters. The number of hydrogen-bond donors (Lipinski definition) is 0. The number of hydrogen-bond acceptors (Lipinski definition) is 4. The first-order valence-corrected chi connectivity index (χ1v) is 4.91. The Labute approximate surface area is 94.4 Å². The third-order valence-corrected chi connectivity index (χ3v) is 2.01. The summed E-state index contributed by atoms with van der Waals surface area (Å²) in [5.41, 5.74) is 0.947. The van der Waals surface area contributed by atoms with Gasteiger partial charge in [0, 0.05) is 0 Å². The summed E-state index contributed by atoms with van der Waals surface area (Å²) >= 11 is 0. The van der Waals surface area contributed by atoms with E-state index >= 15 is 0 Å². The maximum absolute atomic E-state index is 10.8. The highest BCUT2D eigenvalue weighted by atomic mass is 16.5. The van der Waals surface area contributed by atoms with Gasteiger partial charge in [-0.3, -0.25) is 4.79 Å². The summed E-state index contributed by atoms with van der Waals surface area (Å²) in [7, 11) is 1.35. The summed E-state index contributed by atoms with van der Waals surface area (Å²) in [5, 5.41) is 8.49. The number of rotatable bonds is 5. The molecule has 1 aromatic carbocycles. The predicted octanol–water partition coefficient (Wildman–Crippen LogP) is 1.69. The van der Waals surface area contributed by atoms with Gasteiger partial charge in [-0.2, -0.15) is 5.26 Å². The average Bonchev–Trinajstić information content (AvgIpc) is 2.31. The smallest absolute Gasteiger partial charge is 0.308 e. The molecule has 0 radical (unpaired) electrons. The van der Waals surface area contributed by atoms with E-state index in [4.69, 9.17) is 10.00 Å². The molecule has 4 heteroatoms. The zero-order valence-corrected chi connectivity index (χ0v) is 9.10. The molecule has 1 aromatic rings. The van der Waals surface area contributed by atoms with Gasteiger partial charge in [-0.05, 0) is 17.7 Å². The second-order valence-corrected chi connectivity index (χ2v) is 3.15. The summed E-state index contributed by atoms with van der Waals surface area (Å²) in [5.74, 6) is 0.395. The molecule has 0 aliphatic heterocycles. The van der Waals surface area contributed by atoms with E-state index < -0.39 is 0 Å². The fourth-order valence-electron chi connectivity index (χ4n) is 1.15. The minimum atomic E-state index is -0.291. The molecule has 0 aliphatic rings. The summed E-state index contributed by atoms with van der Waals surface area (Å²) in [6.45, 7) is 0.296. The number of ether oxygens (including phenoxy) is 2. The van der Waals surface area contributed by atoms with E-state index in [9.17, 15) is 4.79 Å². The first kappa shape index (κ1) is 12.1. The lowest BCUT2D eigenvalue weighted by molar-refractivity contribution is -0.141. The van der Waals surface area contributed by atoms with Crippen molar-refractivity contribution in [1.29, 1.82) is 5.26 Å². The van der Waals surface area contributed by atoms with Crippen molar-refractivity contribution < 1.29 is 14.3 Å². The molecular weight excluding hydrogens is 206 g/mol. The largest absolute Gasteiger partial charge is 0.493 e. The molecule has 4 nitrogen and oxygen atoms in total. The summed E-state index contributed by atoms with van der Waals surface area (Å²) in [4.78, 5) is 10.8. The highest BCUT2D eigenvalue weighted by molar-refractivity contribution is 5.69. The summed E-state index contributed by atoms with van der Waals surface area (Å²) < 4.78 is 9.81. The lowest BCUT2D eigenvalue weighted by Gasteiger charge is -2.05. The first-order chi connectivity index (χ1) is 7.76. The second-order valence-electron chi connectivity index (χ2n) is 3.15. The van der Waals surface area contributed by atoms with Crippen LogP contribution in [0.2, 0.25) is 0 Å². The number of carbonyl (C=O) groups is 1. The molecule has 0 fully saturated rings. The predicted molar refractivity (Wildman–Crippen MR) is 57.9 cm³/mol. The van der Waals surface area contributed by atoms with E-state index in [1.54, 1.807) is 12.1 Å². The molecular formula is C12H13NO3. The molecule has 0 bridgehead atoms. The highest BCUT2D eigenvalue weighted by Crippen LogP contribution is 2.12. The van der Waals surface area contributed by atoms with E-state index in [1.807, 2.05) is 12.1 Å². The van der Waals surface area contributed by atoms with Crippen LogP contribution in [0.5, 0.6) is 5.75 Å². The Kier molecular flexibility index (Phi) is 4.87. The van der Waals surface area contributed by atoms with Gasteiger partial charge < -0.3 is 9.47 Å². The van der Waals surface area contributed by atoms with Gasteiger partial charge in [0.15, 0.2) is 0 Å². The second kappa shape index (κ2) is 6.46. The fraction of sp³-hybridized carbons (Fsp3) is 0.333. The van der Waals surface area contributed by atoms with Crippen molar-refractivity contribution >= 4 is 5.97 Å². The Hall–Kier alpha value is -2.02. The molecule has 0 heterocycles. The van der Waals surface area contributed by atoms with E-state index in [-0.39, 0.29) is 12.4 Å². The maximum Gasteiger partial charge on any atom is 0.308 e. The molecule has 0 atom stereocenters. The number of carbonyl (C=O) groups excluding carboxylic acids is 1. The van der Waals surface area contributed by atoms with Crippen molar-refractivity contribution in [3.63, 3.8) is 0 Å². The number of methoxy groups -OCH3 is 1. The minimum Gasteiger partial charge on any atom is -0.493 e. The van der Waals surface area contributed by atoms with Crippen molar-refractivity contribution in [3.05, 3.63) is 29.8 Å². The van der Waals surface area contributed by atoms with E-state index in [0.29, 0.717) is 18.8 Å². The number of nitrogens with zero attached hydrogens (tertiary/aromatic N) is 1. The lowest BCUT2D eigenvalue weighted by atomic mass is 10.2. The topological polar surface area (TPSA) is 59.3 Å². The van der Waals surface area contributed by atoms with Crippen LogP contribution in [-0.2, 0) is 16.0 Å². The van der Waals surface area contributed by atoms with Gasteiger partial charge in [-0.1, -0.05) is 12.1 Å². The van der Waals surface area contributed by atoms with Gasteiger partial charge in [0.2, 0.25) is 0 Å². The lowest BCUT2D eigenvalue weighted by Crippen LogP contribution is -2.07. The van der Waals surface area contributed by atoms with E-state index in [2.05, 4.69) is 10.8 Å². The Bertz CT molecular complexity index is 378. The van der Waals surface area contributed by atoms with Gasteiger partial charge in [0.25, 0.3) is 0 Å². The van der Waals surface area contributed by atoms with Crippen molar-refractivity contribution in [2.24, 2.45) is 0 Å². The fourth-order valence-corrected chi connectivity index (χ4v) is 1.15. The van der Waals surface area contributed by atoms with Crippen LogP contribution in [0.25, 0.3) is 0 Å².